The molecule has 0 spiro atoms. The number of morpholine rings is 1. The van der Waals surface area contributed by atoms with E-state index >= 15 is 0 Å². The SMILES string of the molecule is Brc1ccccc1-c1nc(-c2ccc(N3CCOCC3)cc2)no1. The maximum absolute atomic E-state index is 5.41. The van der Waals surface area contributed by atoms with Crippen LogP contribution in [0.15, 0.2) is 57.5 Å². The van der Waals surface area contributed by atoms with Crippen molar-refractivity contribution in [3.8, 4) is 22.8 Å². The fraction of sp³-hybridized carbons (Fsp3) is 0.222. The van der Waals surface area contributed by atoms with E-state index in [9.17, 15) is 0 Å². The number of nitrogens with zero attached hydrogens (tertiary/aromatic N) is 3. The summed E-state index contributed by atoms with van der Waals surface area (Å²) >= 11 is 3.51. The molecule has 0 amide bonds. The molecule has 6 heteroatoms. The average molecular weight is 386 g/mol. The molecule has 1 saturated heterocycles. The van der Waals surface area contributed by atoms with Gasteiger partial charge in [-0.2, -0.15) is 4.98 Å². The number of aromatic nitrogens is 2. The number of rotatable bonds is 3. The highest BCUT2D eigenvalue weighted by Crippen LogP contribution is 2.29. The maximum atomic E-state index is 5.41. The van der Waals surface area contributed by atoms with Gasteiger partial charge in [0.1, 0.15) is 0 Å². The number of anilines is 1. The quantitative estimate of drug-likeness (QED) is 0.681. The van der Waals surface area contributed by atoms with E-state index in [1.165, 1.54) is 5.69 Å². The number of halogens is 1. The molecule has 0 bridgehead atoms. The Kier molecular flexibility index (Phi) is 4.32. The molecule has 0 saturated carbocycles. The Bertz CT molecular complexity index is 826. The van der Waals surface area contributed by atoms with E-state index in [1.54, 1.807) is 0 Å². The Morgan fingerprint density at radius 1 is 0.958 bits per heavy atom. The van der Waals surface area contributed by atoms with Crippen molar-refractivity contribution in [2.24, 2.45) is 0 Å². The van der Waals surface area contributed by atoms with Gasteiger partial charge in [-0.1, -0.05) is 17.3 Å². The molecule has 4 rings (SSSR count). The second kappa shape index (κ2) is 6.75. The second-order valence-electron chi connectivity index (χ2n) is 5.55. The first-order valence-corrected chi connectivity index (χ1v) is 8.62. The van der Waals surface area contributed by atoms with Crippen molar-refractivity contribution in [2.75, 3.05) is 31.2 Å². The molecule has 1 fully saturated rings. The zero-order valence-electron chi connectivity index (χ0n) is 13.0. The molecule has 0 unspecified atom stereocenters. The van der Waals surface area contributed by atoms with Crippen molar-refractivity contribution in [1.29, 1.82) is 0 Å². The molecule has 5 nitrogen and oxygen atoms in total. The molecule has 0 aliphatic carbocycles. The summed E-state index contributed by atoms with van der Waals surface area (Å²) in [4.78, 5) is 6.83. The lowest BCUT2D eigenvalue weighted by Crippen LogP contribution is -2.36. The summed E-state index contributed by atoms with van der Waals surface area (Å²) in [5.74, 6) is 1.10. The van der Waals surface area contributed by atoms with Crippen molar-refractivity contribution in [3.63, 3.8) is 0 Å². The van der Waals surface area contributed by atoms with E-state index in [4.69, 9.17) is 9.26 Å². The van der Waals surface area contributed by atoms with Crippen LogP contribution in [0, 0.1) is 0 Å². The van der Waals surface area contributed by atoms with Gasteiger partial charge in [0, 0.05) is 28.8 Å². The highest BCUT2D eigenvalue weighted by molar-refractivity contribution is 9.10. The molecule has 24 heavy (non-hydrogen) atoms. The molecule has 1 aliphatic heterocycles. The molecule has 2 aromatic carbocycles. The van der Waals surface area contributed by atoms with Crippen molar-refractivity contribution >= 4 is 21.6 Å². The summed E-state index contributed by atoms with van der Waals surface area (Å²) in [6.45, 7) is 3.41. The van der Waals surface area contributed by atoms with Gasteiger partial charge < -0.3 is 14.2 Å². The summed E-state index contributed by atoms with van der Waals surface area (Å²) in [5.41, 5.74) is 3.02. The largest absolute Gasteiger partial charge is 0.378 e. The first-order valence-electron chi connectivity index (χ1n) is 7.83. The van der Waals surface area contributed by atoms with Crippen molar-refractivity contribution < 1.29 is 9.26 Å². The van der Waals surface area contributed by atoms with E-state index in [1.807, 2.05) is 36.4 Å². The van der Waals surface area contributed by atoms with Crippen LogP contribution in [-0.2, 0) is 4.74 Å². The first kappa shape index (κ1) is 15.4. The molecule has 122 valence electrons. The van der Waals surface area contributed by atoms with Crippen LogP contribution in [0.25, 0.3) is 22.8 Å². The first-order chi connectivity index (χ1) is 11.8. The fourth-order valence-corrected chi connectivity index (χ4v) is 3.18. The zero-order chi connectivity index (χ0) is 16.4. The Morgan fingerprint density at radius 2 is 1.71 bits per heavy atom. The predicted molar refractivity (Wildman–Crippen MR) is 95.9 cm³/mol. The predicted octanol–water partition coefficient (Wildman–Crippen LogP) is 4.00. The summed E-state index contributed by atoms with van der Waals surface area (Å²) < 4.78 is 11.7. The Morgan fingerprint density at radius 3 is 2.46 bits per heavy atom. The Balaban J connectivity index is 1.57. The van der Waals surface area contributed by atoms with Gasteiger partial charge in [0.25, 0.3) is 5.89 Å². The molecular weight excluding hydrogens is 370 g/mol. The van der Waals surface area contributed by atoms with Gasteiger partial charge in [-0.25, -0.2) is 0 Å². The van der Waals surface area contributed by atoms with Gasteiger partial charge in [-0.15, -0.1) is 0 Å². The van der Waals surface area contributed by atoms with E-state index in [0.29, 0.717) is 11.7 Å². The van der Waals surface area contributed by atoms with Gasteiger partial charge in [0.05, 0.1) is 18.8 Å². The Labute approximate surface area is 148 Å². The lowest BCUT2D eigenvalue weighted by molar-refractivity contribution is 0.122. The maximum Gasteiger partial charge on any atom is 0.259 e. The monoisotopic (exact) mass is 385 g/mol. The highest BCUT2D eigenvalue weighted by Gasteiger charge is 2.14. The normalized spacial score (nSPS) is 14.8. The minimum atomic E-state index is 0.509. The summed E-state index contributed by atoms with van der Waals surface area (Å²) in [6, 6.07) is 16.0. The molecule has 0 N–H and O–H groups in total. The van der Waals surface area contributed by atoms with Gasteiger partial charge in [0.2, 0.25) is 5.82 Å². The number of benzene rings is 2. The Hall–Kier alpha value is -2.18. The van der Waals surface area contributed by atoms with E-state index < -0.39 is 0 Å². The van der Waals surface area contributed by atoms with Crippen LogP contribution in [0.2, 0.25) is 0 Å². The number of ether oxygens (including phenoxy) is 1. The summed E-state index contributed by atoms with van der Waals surface area (Å²) in [6.07, 6.45) is 0. The molecular formula is C18H16BrN3O2. The smallest absolute Gasteiger partial charge is 0.259 e. The van der Waals surface area contributed by atoms with Crippen LogP contribution < -0.4 is 4.90 Å². The number of hydrogen-bond donors (Lipinski definition) is 0. The lowest BCUT2D eigenvalue weighted by Gasteiger charge is -2.28. The van der Waals surface area contributed by atoms with Gasteiger partial charge in [-0.3, -0.25) is 0 Å². The lowest BCUT2D eigenvalue weighted by atomic mass is 10.1. The van der Waals surface area contributed by atoms with Crippen LogP contribution >= 0.6 is 15.9 Å². The number of hydrogen-bond acceptors (Lipinski definition) is 5. The zero-order valence-corrected chi connectivity index (χ0v) is 14.6. The summed E-state index contributed by atoms with van der Waals surface area (Å²) in [7, 11) is 0. The van der Waals surface area contributed by atoms with Gasteiger partial charge >= 0.3 is 0 Å². The third-order valence-corrected chi connectivity index (χ3v) is 4.72. The molecule has 3 aromatic rings. The fourth-order valence-electron chi connectivity index (χ4n) is 2.73. The van der Waals surface area contributed by atoms with Crippen LogP contribution in [0.1, 0.15) is 0 Å². The second-order valence-corrected chi connectivity index (χ2v) is 6.40. The van der Waals surface area contributed by atoms with E-state index in [2.05, 4.69) is 43.1 Å². The topological polar surface area (TPSA) is 51.4 Å². The molecule has 2 heterocycles. The molecule has 1 aliphatic rings. The highest BCUT2D eigenvalue weighted by atomic mass is 79.9. The van der Waals surface area contributed by atoms with Crippen LogP contribution in [0.4, 0.5) is 5.69 Å². The molecule has 1 aromatic heterocycles. The van der Waals surface area contributed by atoms with Crippen molar-refractivity contribution in [1.82, 2.24) is 10.1 Å². The minimum absolute atomic E-state index is 0.509. The van der Waals surface area contributed by atoms with Crippen molar-refractivity contribution in [2.45, 2.75) is 0 Å². The van der Waals surface area contributed by atoms with Gasteiger partial charge in [0.15, 0.2) is 0 Å². The third kappa shape index (κ3) is 3.07. The average Bonchev–Trinajstić information content (AvgIpc) is 3.13. The van der Waals surface area contributed by atoms with E-state index in [0.717, 1.165) is 41.9 Å². The van der Waals surface area contributed by atoms with Crippen LogP contribution in [0.3, 0.4) is 0 Å². The van der Waals surface area contributed by atoms with Crippen molar-refractivity contribution in [3.05, 3.63) is 53.0 Å². The van der Waals surface area contributed by atoms with Gasteiger partial charge in [-0.05, 0) is 52.3 Å². The third-order valence-electron chi connectivity index (χ3n) is 4.03. The van der Waals surface area contributed by atoms with E-state index in [-0.39, 0.29) is 0 Å². The van der Waals surface area contributed by atoms with Crippen LogP contribution in [0.5, 0.6) is 0 Å². The molecule has 0 radical (unpaired) electrons. The summed E-state index contributed by atoms with van der Waals surface area (Å²) in [5, 5.41) is 4.11. The molecule has 0 atom stereocenters. The van der Waals surface area contributed by atoms with Crippen LogP contribution in [-0.4, -0.2) is 36.4 Å². The minimum Gasteiger partial charge on any atom is -0.378 e. The standard InChI is InChI=1S/C18H16BrN3O2/c19-16-4-2-1-3-15(16)18-20-17(21-24-18)13-5-7-14(8-6-13)22-9-11-23-12-10-22/h1-8H,9-12H2.